The molecular weight excluding hydrogens is 260 g/mol. The van der Waals surface area contributed by atoms with Gasteiger partial charge in [-0.15, -0.1) is 10.2 Å². The van der Waals surface area contributed by atoms with Crippen LogP contribution in [-0.2, 0) is 4.74 Å². The number of morpholine rings is 1. The molecule has 1 aliphatic heterocycles. The number of nitrogens with zero attached hydrogens (tertiary/aromatic N) is 4. The zero-order chi connectivity index (χ0) is 13.1. The molecule has 6 heteroatoms. The topological polar surface area (TPSA) is 62.0 Å². The van der Waals surface area contributed by atoms with E-state index in [0.717, 1.165) is 18.9 Å². The molecular formula is C13H12N4OS. The molecule has 1 aliphatic rings. The van der Waals surface area contributed by atoms with Crippen molar-refractivity contribution in [3.05, 3.63) is 40.2 Å². The van der Waals surface area contributed by atoms with Crippen LogP contribution in [0.4, 0.5) is 5.82 Å². The van der Waals surface area contributed by atoms with Gasteiger partial charge in [-0.2, -0.15) is 16.6 Å². The second-order valence-electron chi connectivity index (χ2n) is 4.25. The molecule has 1 unspecified atom stereocenters. The Labute approximate surface area is 115 Å². The van der Waals surface area contributed by atoms with E-state index in [2.05, 4.69) is 31.9 Å². The molecule has 0 saturated carbocycles. The minimum Gasteiger partial charge on any atom is -0.370 e. The van der Waals surface area contributed by atoms with E-state index in [0.29, 0.717) is 12.3 Å². The molecule has 0 N–H and O–H groups in total. The average molecular weight is 272 g/mol. The van der Waals surface area contributed by atoms with Crippen LogP contribution in [0.2, 0.25) is 0 Å². The Balaban J connectivity index is 1.76. The first kappa shape index (κ1) is 12.1. The Morgan fingerprint density at radius 2 is 2.32 bits per heavy atom. The maximum absolute atomic E-state index is 8.72. The van der Waals surface area contributed by atoms with Crippen LogP contribution >= 0.6 is 11.3 Å². The lowest BCUT2D eigenvalue weighted by Gasteiger charge is -2.33. The highest BCUT2D eigenvalue weighted by atomic mass is 32.1. The molecule has 1 atom stereocenters. The molecule has 2 aromatic heterocycles. The quantitative estimate of drug-likeness (QED) is 0.836. The van der Waals surface area contributed by atoms with E-state index >= 15 is 0 Å². The van der Waals surface area contributed by atoms with E-state index in [1.165, 1.54) is 5.56 Å². The van der Waals surface area contributed by atoms with Crippen LogP contribution in [-0.4, -0.2) is 29.9 Å². The first-order chi connectivity index (χ1) is 9.36. The number of anilines is 1. The van der Waals surface area contributed by atoms with Crippen molar-refractivity contribution in [1.29, 1.82) is 5.26 Å². The Morgan fingerprint density at radius 1 is 1.37 bits per heavy atom. The van der Waals surface area contributed by atoms with Gasteiger partial charge in [0.15, 0.2) is 11.5 Å². The first-order valence-corrected chi connectivity index (χ1v) is 6.93. The molecule has 0 amide bonds. The maximum Gasteiger partial charge on any atom is 0.163 e. The van der Waals surface area contributed by atoms with Crippen LogP contribution in [0.15, 0.2) is 29.0 Å². The van der Waals surface area contributed by atoms with Gasteiger partial charge in [0.1, 0.15) is 12.2 Å². The van der Waals surface area contributed by atoms with E-state index in [1.54, 1.807) is 17.4 Å². The number of hydrogen-bond acceptors (Lipinski definition) is 6. The Morgan fingerprint density at radius 3 is 3.00 bits per heavy atom. The highest BCUT2D eigenvalue weighted by Crippen LogP contribution is 2.26. The lowest BCUT2D eigenvalue weighted by Crippen LogP contribution is -2.38. The number of nitriles is 1. The van der Waals surface area contributed by atoms with Gasteiger partial charge in [-0.05, 0) is 34.5 Å². The standard InChI is InChI=1S/C13H12N4OS/c14-7-11-1-2-13(16-15-11)17-4-5-18-12(8-17)10-3-6-19-9-10/h1-3,6,9,12H,4-5,8H2. The van der Waals surface area contributed by atoms with Gasteiger partial charge in [-0.1, -0.05) is 0 Å². The van der Waals surface area contributed by atoms with Crippen LogP contribution in [0.1, 0.15) is 17.4 Å². The number of ether oxygens (including phenoxy) is 1. The Hall–Kier alpha value is -1.97. The molecule has 19 heavy (non-hydrogen) atoms. The van der Waals surface area contributed by atoms with Gasteiger partial charge >= 0.3 is 0 Å². The molecule has 96 valence electrons. The van der Waals surface area contributed by atoms with E-state index in [1.807, 2.05) is 12.1 Å². The third kappa shape index (κ3) is 2.57. The minimum atomic E-state index is 0.0810. The van der Waals surface area contributed by atoms with Gasteiger partial charge in [0.25, 0.3) is 0 Å². The van der Waals surface area contributed by atoms with Gasteiger partial charge in [-0.3, -0.25) is 0 Å². The highest BCUT2D eigenvalue weighted by molar-refractivity contribution is 7.07. The van der Waals surface area contributed by atoms with E-state index in [4.69, 9.17) is 10.00 Å². The zero-order valence-corrected chi connectivity index (χ0v) is 11.0. The molecule has 0 bridgehead atoms. The summed E-state index contributed by atoms with van der Waals surface area (Å²) < 4.78 is 5.78. The summed E-state index contributed by atoms with van der Waals surface area (Å²) in [4.78, 5) is 2.14. The van der Waals surface area contributed by atoms with Gasteiger partial charge in [-0.25, -0.2) is 0 Å². The Bertz CT molecular complexity index is 576. The molecule has 3 rings (SSSR count). The largest absolute Gasteiger partial charge is 0.370 e. The van der Waals surface area contributed by atoms with Crippen molar-refractivity contribution < 1.29 is 4.74 Å². The third-order valence-electron chi connectivity index (χ3n) is 3.07. The summed E-state index contributed by atoms with van der Waals surface area (Å²) in [5.74, 6) is 0.794. The molecule has 1 fully saturated rings. The minimum absolute atomic E-state index is 0.0810. The molecule has 0 radical (unpaired) electrons. The van der Waals surface area contributed by atoms with Crippen LogP contribution in [0.5, 0.6) is 0 Å². The molecule has 0 spiro atoms. The third-order valence-corrected chi connectivity index (χ3v) is 3.77. The van der Waals surface area contributed by atoms with Crippen molar-refractivity contribution in [3.8, 4) is 6.07 Å². The predicted octanol–water partition coefficient (Wildman–Crippen LogP) is 1.99. The molecule has 0 aromatic carbocycles. The number of hydrogen-bond donors (Lipinski definition) is 0. The smallest absolute Gasteiger partial charge is 0.163 e. The predicted molar refractivity (Wildman–Crippen MR) is 72.0 cm³/mol. The molecule has 2 aromatic rings. The van der Waals surface area contributed by atoms with Crippen LogP contribution in [0.3, 0.4) is 0 Å². The van der Waals surface area contributed by atoms with Gasteiger partial charge in [0.2, 0.25) is 0 Å². The SMILES string of the molecule is N#Cc1ccc(N2CCOC(c3ccsc3)C2)nn1. The van der Waals surface area contributed by atoms with Crippen molar-refractivity contribution >= 4 is 17.2 Å². The van der Waals surface area contributed by atoms with Crippen LogP contribution in [0.25, 0.3) is 0 Å². The normalized spacial score (nSPS) is 19.1. The fourth-order valence-corrected chi connectivity index (χ4v) is 2.77. The number of thiophene rings is 1. The lowest BCUT2D eigenvalue weighted by atomic mass is 10.1. The van der Waals surface area contributed by atoms with Gasteiger partial charge < -0.3 is 9.64 Å². The van der Waals surface area contributed by atoms with E-state index in [-0.39, 0.29) is 6.10 Å². The second-order valence-corrected chi connectivity index (χ2v) is 5.03. The van der Waals surface area contributed by atoms with Crippen LogP contribution < -0.4 is 4.90 Å². The zero-order valence-electron chi connectivity index (χ0n) is 10.2. The highest BCUT2D eigenvalue weighted by Gasteiger charge is 2.23. The van der Waals surface area contributed by atoms with E-state index in [9.17, 15) is 0 Å². The fraction of sp³-hybridized carbons (Fsp3) is 0.308. The molecule has 5 nitrogen and oxygen atoms in total. The summed E-state index contributed by atoms with van der Waals surface area (Å²) in [6, 6.07) is 7.59. The molecule has 1 saturated heterocycles. The van der Waals surface area contributed by atoms with Crippen molar-refractivity contribution in [1.82, 2.24) is 10.2 Å². The summed E-state index contributed by atoms with van der Waals surface area (Å²) in [6.07, 6.45) is 0.0810. The maximum atomic E-state index is 8.72. The monoisotopic (exact) mass is 272 g/mol. The number of rotatable bonds is 2. The second kappa shape index (κ2) is 5.34. The molecule has 3 heterocycles. The Kier molecular flexibility index (Phi) is 3.40. The van der Waals surface area contributed by atoms with E-state index < -0.39 is 0 Å². The van der Waals surface area contributed by atoms with Crippen molar-refractivity contribution in [2.24, 2.45) is 0 Å². The fourth-order valence-electron chi connectivity index (χ4n) is 2.07. The van der Waals surface area contributed by atoms with Crippen molar-refractivity contribution in [2.75, 3.05) is 24.6 Å². The van der Waals surface area contributed by atoms with Crippen molar-refractivity contribution in [2.45, 2.75) is 6.10 Å². The first-order valence-electron chi connectivity index (χ1n) is 5.99. The number of aromatic nitrogens is 2. The summed E-state index contributed by atoms with van der Waals surface area (Å²) in [7, 11) is 0. The van der Waals surface area contributed by atoms with Crippen molar-refractivity contribution in [3.63, 3.8) is 0 Å². The summed E-state index contributed by atoms with van der Waals surface area (Å²) in [5.41, 5.74) is 1.54. The van der Waals surface area contributed by atoms with Gasteiger partial charge in [0.05, 0.1) is 6.61 Å². The summed E-state index contributed by atoms with van der Waals surface area (Å²) >= 11 is 1.67. The average Bonchev–Trinajstić information content (AvgIpc) is 3.02. The van der Waals surface area contributed by atoms with Gasteiger partial charge in [0, 0.05) is 13.1 Å². The lowest BCUT2D eigenvalue weighted by molar-refractivity contribution is 0.0397. The molecule has 0 aliphatic carbocycles. The summed E-state index contributed by atoms with van der Waals surface area (Å²) in [6.45, 7) is 2.22. The summed E-state index contributed by atoms with van der Waals surface area (Å²) in [5, 5.41) is 20.8. The van der Waals surface area contributed by atoms with Crippen LogP contribution in [0, 0.1) is 11.3 Å².